The highest BCUT2D eigenvalue weighted by molar-refractivity contribution is 6.17. The van der Waals surface area contributed by atoms with Gasteiger partial charge in [-0.1, -0.05) is 0 Å². The van der Waals surface area contributed by atoms with Gasteiger partial charge >= 0.3 is 0 Å². The minimum atomic E-state index is -0.215. The maximum atomic E-state index is 12.4. The Morgan fingerprint density at radius 1 is 1.22 bits per heavy atom. The summed E-state index contributed by atoms with van der Waals surface area (Å²) in [7, 11) is 1.59. The van der Waals surface area contributed by atoms with Crippen LogP contribution in [-0.4, -0.2) is 31.1 Å². The first-order chi connectivity index (χ1) is 11.1. The maximum Gasteiger partial charge on any atom is 0.251 e. The number of carbonyl (C=O) groups excluding carboxylic acids is 1. The number of aromatic amines is 1. The second-order valence-corrected chi connectivity index (χ2v) is 5.18. The zero-order valence-corrected chi connectivity index (χ0v) is 12.7. The molecule has 3 aromatic rings. The summed E-state index contributed by atoms with van der Waals surface area (Å²) in [5.74, 6) is 0.470. The number of carbonyl (C=O) groups is 1. The fourth-order valence-corrected chi connectivity index (χ4v) is 2.65. The van der Waals surface area contributed by atoms with Gasteiger partial charge in [-0.3, -0.25) is 9.59 Å². The molecule has 6 nitrogen and oxygen atoms in total. The predicted octanol–water partition coefficient (Wildman–Crippen LogP) is 1.38. The van der Waals surface area contributed by atoms with Gasteiger partial charge in [-0.25, -0.2) is 0 Å². The van der Waals surface area contributed by atoms with Gasteiger partial charge in [0.05, 0.1) is 7.11 Å². The summed E-state index contributed by atoms with van der Waals surface area (Å²) in [5, 5.41) is 5.96. The molecule has 0 atom stereocenters. The maximum absolute atomic E-state index is 12.4. The van der Waals surface area contributed by atoms with Gasteiger partial charge in [-0.05, 0) is 40.4 Å². The van der Waals surface area contributed by atoms with Crippen molar-refractivity contribution in [2.24, 2.45) is 5.73 Å². The Bertz CT molecular complexity index is 947. The fraction of sp³-hybridized carbons (Fsp3) is 0.176. The van der Waals surface area contributed by atoms with E-state index in [4.69, 9.17) is 10.5 Å². The Labute approximate surface area is 132 Å². The standard InChI is InChI=1S/C17H17N3O3/c1-23-11-2-3-12-13(8-11)15-9-20-16(21)7-10(15)6-14(12)17(22)19-5-4-18/h2-3,6-9H,4-5,18H2,1H3,(H,19,22)(H,20,21). The molecule has 0 spiro atoms. The first kappa shape index (κ1) is 15.1. The number of methoxy groups -OCH3 is 1. The SMILES string of the molecule is COc1ccc2c(C(=O)NCCN)cc3cc(=O)[nH]cc3c2c1. The van der Waals surface area contributed by atoms with Crippen molar-refractivity contribution in [3.05, 3.63) is 52.4 Å². The van der Waals surface area contributed by atoms with E-state index >= 15 is 0 Å². The number of fused-ring (bicyclic) bond motifs is 3. The number of ether oxygens (including phenoxy) is 1. The molecule has 1 aromatic heterocycles. The number of amides is 1. The minimum Gasteiger partial charge on any atom is -0.497 e. The molecule has 0 aliphatic rings. The van der Waals surface area contributed by atoms with E-state index in [2.05, 4.69) is 10.3 Å². The summed E-state index contributed by atoms with van der Waals surface area (Å²) in [4.78, 5) is 26.7. The van der Waals surface area contributed by atoms with Crippen LogP contribution >= 0.6 is 0 Å². The molecular weight excluding hydrogens is 294 g/mol. The summed E-state index contributed by atoms with van der Waals surface area (Å²) in [5.41, 5.74) is 5.73. The van der Waals surface area contributed by atoms with E-state index in [1.165, 1.54) is 6.07 Å². The van der Waals surface area contributed by atoms with Gasteiger partial charge in [-0.15, -0.1) is 0 Å². The number of nitrogens with one attached hydrogen (secondary N) is 2. The molecule has 4 N–H and O–H groups in total. The number of H-pyrrole nitrogens is 1. The highest BCUT2D eigenvalue weighted by atomic mass is 16.5. The van der Waals surface area contributed by atoms with Crippen LogP contribution in [0.15, 0.2) is 41.3 Å². The fourth-order valence-electron chi connectivity index (χ4n) is 2.65. The Kier molecular flexibility index (Phi) is 3.99. The number of nitrogens with two attached hydrogens (primary N) is 1. The summed E-state index contributed by atoms with van der Waals surface area (Å²) in [6.45, 7) is 0.759. The molecule has 0 saturated heterocycles. The molecule has 23 heavy (non-hydrogen) atoms. The lowest BCUT2D eigenvalue weighted by atomic mass is 9.97. The third-order valence-electron chi connectivity index (χ3n) is 3.74. The third kappa shape index (κ3) is 2.76. The second kappa shape index (κ2) is 6.10. The number of rotatable bonds is 4. The molecule has 3 rings (SSSR count). The largest absolute Gasteiger partial charge is 0.497 e. The molecule has 1 amide bonds. The van der Waals surface area contributed by atoms with Gasteiger partial charge in [0.2, 0.25) is 5.56 Å². The van der Waals surface area contributed by atoms with Crippen molar-refractivity contribution in [1.29, 1.82) is 0 Å². The second-order valence-electron chi connectivity index (χ2n) is 5.18. The van der Waals surface area contributed by atoms with Crippen molar-refractivity contribution < 1.29 is 9.53 Å². The molecule has 0 fully saturated rings. The molecule has 6 heteroatoms. The van der Waals surface area contributed by atoms with Crippen LogP contribution in [0.4, 0.5) is 0 Å². The third-order valence-corrected chi connectivity index (χ3v) is 3.74. The smallest absolute Gasteiger partial charge is 0.251 e. The average Bonchev–Trinajstić information content (AvgIpc) is 2.57. The van der Waals surface area contributed by atoms with Crippen molar-refractivity contribution in [2.75, 3.05) is 20.2 Å². The van der Waals surface area contributed by atoms with Crippen LogP contribution in [0.1, 0.15) is 10.4 Å². The predicted molar refractivity (Wildman–Crippen MR) is 90.0 cm³/mol. The molecule has 0 bridgehead atoms. The lowest BCUT2D eigenvalue weighted by molar-refractivity contribution is 0.0956. The van der Waals surface area contributed by atoms with Gasteiger partial charge in [-0.2, -0.15) is 0 Å². The summed E-state index contributed by atoms with van der Waals surface area (Å²) < 4.78 is 5.27. The first-order valence-electron chi connectivity index (χ1n) is 7.25. The Hall–Kier alpha value is -2.86. The highest BCUT2D eigenvalue weighted by Crippen LogP contribution is 2.30. The van der Waals surface area contributed by atoms with E-state index < -0.39 is 0 Å². The number of hydrogen-bond donors (Lipinski definition) is 3. The Morgan fingerprint density at radius 2 is 2.04 bits per heavy atom. The lowest BCUT2D eigenvalue weighted by Crippen LogP contribution is -2.29. The molecule has 0 unspecified atom stereocenters. The molecule has 0 aliphatic carbocycles. The zero-order chi connectivity index (χ0) is 16.4. The van der Waals surface area contributed by atoms with Crippen molar-refractivity contribution in [2.45, 2.75) is 0 Å². The summed E-state index contributed by atoms with van der Waals surface area (Å²) >= 11 is 0. The Balaban J connectivity index is 2.33. The van der Waals surface area contributed by atoms with Crippen molar-refractivity contribution in [3.8, 4) is 5.75 Å². The van der Waals surface area contributed by atoms with E-state index in [-0.39, 0.29) is 11.5 Å². The molecule has 1 heterocycles. The normalized spacial score (nSPS) is 10.9. The van der Waals surface area contributed by atoms with Gasteiger partial charge < -0.3 is 20.8 Å². The van der Waals surface area contributed by atoms with Crippen molar-refractivity contribution >= 4 is 27.5 Å². The van der Waals surface area contributed by atoms with Crippen LogP contribution in [0.3, 0.4) is 0 Å². The van der Waals surface area contributed by atoms with Crippen LogP contribution in [0, 0.1) is 0 Å². The molecule has 118 valence electrons. The number of benzene rings is 2. The first-order valence-corrected chi connectivity index (χ1v) is 7.25. The summed E-state index contributed by atoms with van der Waals surface area (Å²) in [6.07, 6.45) is 1.65. The van der Waals surface area contributed by atoms with Gasteiger partial charge in [0.1, 0.15) is 5.75 Å². The monoisotopic (exact) mass is 311 g/mol. The van der Waals surface area contributed by atoms with Gasteiger partial charge in [0, 0.05) is 36.3 Å². The zero-order valence-electron chi connectivity index (χ0n) is 12.7. The van der Waals surface area contributed by atoms with Gasteiger partial charge in [0.25, 0.3) is 5.91 Å². The van der Waals surface area contributed by atoms with E-state index in [9.17, 15) is 9.59 Å². The lowest BCUT2D eigenvalue weighted by Gasteiger charge is -2.11. The topological polar surface area (TPSA) is 97.2 Å². The van der Waals surface area contributed by atoms with Crippen LogP contribution in [-0.2, 0) is 0 Å². The van der Waals surface area contributed by atoms with E-state index in [0.29, 0.717) is 29.8 Å². The van der Waals surface area contributed by atoms with Crippen molar-refractivity contribution in [1.82, 2.24) is 10.3 Å². The molecule has 0 radical (unpaired) electrons. The molecular formula is C17H17N3O3. The molecule has 0 aliphatic heterocycles. The van der Waals surface area contributed by atoms with Crippen molar-refractivity contribution in [3.63, 3.8) is 0 Å². The van der Waals surface area contributed by atoms with E-state index in [1.807, 2.05) is 12.1 Å². The highest BCUT2D eigenvalue weighted by Gasteiger charge is 2.14. The van der Waals surface area contributed by atoms with Crippen LogP contribution in [0.2, 0.25) is 0 Å². The Morgan fingerprint density at radius 3 is 2.78 bits per heavy atom. The molecule has 0 saturated carbocycles. The number of pyridine rings is 1. The summed E-state index contributed by atoms with van der Waals surface area (Å²) in [6, 6.07) is 8.71. The molecule has 2 aromatic carbocycles. The minimum absolute atomic E-state index is 0.215. The quantitative estimate of drug-likeness (QED) is 0.634. The van der Waals surface area contributed by atoms with E-state index in [0.717, 1.165) is 16.2 Å². The van der Waals surface area contributed by atoms with Crippen LogP contribution < -0.4 is 21.3 Å². The number of aromatic nitrogens is 1. The van der Waals surface area contributed by atoms with Crippen LogP contribution in [0.25, 0.3) is 21.5 Å². The number of hydrogen-bond acceptors (Lipinski definition) is 4. The van der Waals surface area contributed by atoms with Gasteiger partial charge in [0.15, 0.2) is 0 Å². The van der Waals surface area contributed by atoms with Crippen LogP contribution in [0.5, 0.6) is 5.75 Å². The average molecular weight is 311 g/mol. The van der Waals surface area contributed by atoms with E-state index in [1.54, 1.807) is 25.4 Å².